The highest BCUT2D eigenvalue weighted by molar-refractivity contribution is 5.85. The maximum Gasteiger partial charge on any atom is 0.147 e. The van der Waals surface area contributed by atoms with Crippen molar-refractivity contribution in [2.45, 2.75) is 50.5 Å². The molecule has 30 heavy (non-hydrogen) atoms. The van der Waals surface area contributed by atoms with E-state index in [1.807, 2.05) is 12.1 Å². The molecule has 2 unspecified atom stereocenters. The molecule has 4 heteroatoms. The summed E-state index contributed by atoms with van der Waals surface area (Å²) in [7, 11) is 0. The second-order valence-corrected chi connectivity index (χ2v) is 8.93. The predicted molar refractivity (Wildman–Crippen MR) is 119 cm³/mol. The molecule has 0 radical (unpaired) electrons. The fourth-order valence-corrected chi connectivity index (χ4v) is 5.47. The molecule has 1 N–H and O–H groups in total. The molecule has 0 amide bonds. The van der Waals surface area contributed by atoms with Gasteiger partial charge in [-0.2, -0.15) is 0 Å². The lowest BCUT2D eigenvalue weighted by atomic mass is 9.61. The van der Waals surface area contributed by atoms with Crippen LogP contribution in [0.3, 0.4) is 0 Å². The van der Waals surface area contributed by atoms with E-state index in [9.17, 15) is 0 Å². The molecule has 0 aromatic heterocycles. The first kappa shape index (κ1) is 19.1. The topological polar surface area (TPSA) is 15.3 Å². The van der Waals surface area contributed by atoms with E-state index in [2.05, 4.69) is 25.2 Å². The number of benzene rings is 3. The van der Waals surface area contributed by atoms with Gasteiger partial charge in [-0.3, -0.25) is 0 Å². The van der Waals surface area contributed by atoms with E-state index in [1.165, 1.54) is 18.6 Å². The van der Waals surface area contributed by atoms with Crippen molar-refractivity contribution in [3.63, 3.8) is 0 Å². The van der Waals surface area contributed by atoms with Crippen molar-refractivity contribution >= 4 is 22.7 Å². The molecule has 1 fully saturated rings. The Kier molecular flexibility index (Phi) is 4.35. The van der Waals surface area contributed by atoms with Crippen molar-refractivity contribution in [2.75, 3.05) is 10.2 Å². The molecule has 154 valence electrons. The number of nitrogens with zero attached hydrogens (tertiary/aromatic N) is 1. The first-order valence-electron chi connectivity index (χ1n) is 10.7. The highest BCUT2D eigenvalue weighted by Crippen LogP contribution is 2.58. The molecule has 1 aliphatic heterocycles. The minimum absolute atomic E-state index is 0.0696. The Labute approximate surface area is 176 Å². The summed E-state index contributed by atoms with van der Waals surface area (Å²) in [5.41, 5.74) is 3.57. The summed E-state index contributed by atoms with van der Waals surface area (Å²) in [5.74, 6) is -0.748. The summed E-state index contributed by atoms with van der Waals surface area (Å²) in [6.45, 7) is 4.59. The van der Waals surface area contributed by atoms with E-state index >= 15 is 8.78 Å². The van der Waals surface area contributed by atoms with E-state index in [1.54, 1.807) is 41.3 Å². The van der Waals surface area contributed by atoms with Gasteiger partial charge in [0.25, 0.3) is 0 Å². The van der Waals surface area contributed by atoms with Crippen LogP contribution in [0.4, 0.5) is 31.5 Å². The van der Waals surface area contributed by atoms with Gasteiger partial charge in [-0.1, -0.05) is 50.1 Å². The monoisotopic (exact) mass is 404 g/mol. The Morgan fingerprint density at radius 3 is 1.93 bits per heavy atom. The molecule has 0 saturated heterocycles. The zero-order valence-corrected chi connectivity index (χ0v) is 17.4. The lowest BCUT2D eigenvalue weighted by Gasteiger charge is -2.46. The van der Waals surface area contributed by atoms with Gasteiger partial charge in [0.15, 0.2) is 0 Å². The van der Waals surface area contributed by atoms with Crippen molar-refractivity contribution < 1.29 is 8.78 Å². The third-order valence-electron chi connectivity index (χ3n) is 7.25. The Bertz CT molecular complexity index is 1070. The Balaban J connectivity index is 1.79. The van der Waals surface area contributed by atoms with Crippen LogP contribution in [-0.4, -0.2) is 5.54 Å². The number of fused-ring (bicyclic) bond motifs is 3. The second kappa shape index (κ2) is 6.83. The fraction of sp³-hybridized carbons (Fsp3) is 0.308. The molecule has 5 rings (SSSR count). The molecule has 1 heterocycles. The fourth-order valence-electron chi connectivity index (χ4n) is 5.47. The van der Waals surface area contributed by atoms with Gasteiger partial charge in [0.2, 0.25) is 0 Å². The minimum atomic E-state index is -0.374. The SMILES string of the molecule is CC12CCCCC1(C)c1c(cccc1N(c1ccccc1F)c1ccccc1F)N2. The molecular weight excluding hydrogens is 378 g/mol. The van der Waals surface area contributed by atoms with Gasteiger partial charge in [0.05, 0.1) is 17.1 Å². The van der Waals surface area contributed by atoms with Gasteiger partial charge in [-0.05, 0) is 56.2 Å². The standard InChI is InChI=1S/C26H26F2N2/c1-25-16-7-8-17-26(25,2)29-20-12-9-15-23(24(20)25)30(21-13-5-3-10-18(21)27)22-14-6-4-11-19(22)28/h3-6,9-15,29H,7-8,16-17H2,1-2H3. The molecule has 3 aromatic rings. The molecule has 3 aromatic carbocycles. The number of rotatable bonds is 3. The smallest absolute Gasteiger partial charge is 0.147 e. The largest absolute Gasteiger partial charge is 0.379 e. The van der Waals surface area contributed by atoms with Crippen molar-refractivity contribution in [2.24, 2.45) is 0 Å². The van der Waals surface area contributed by atoms with Crippen LogP contribution in [0.5, 0.6) is 0 Å². The Morgan fingerprint density at radius 1 is 0.733 bits per heavy atom. The number of anilines is 4. The van der Waals surface area contributed by atoms with Crippen LogP contribution in [0.2, 0.25) is 0 Å². The van der Waals surface area contributed by atoms with Crippen LogP contribution in [0.15, 0.2) is 66.7 Å². The highest BCUT2D eigenvalue weighted by Gasteiger charge is 2.54. The lowest BCUT2D eigenvalue weighted by Crippen LogP contribution is -2.50. The molecule has 1 saturated carbocycles. The number of hydrogen-bond acceptors (Lipinski definition) is 2. The maximum absolute atomic E-state index is 15.0. The molecular formula is C26H26F2N2. The van der Waals surface area contributed by atoms with E-state index < -0.39 is 0 Å². The molecule has 2 nitrogen and oxygen atoms in total. The van der Waals surface area contributed by atoms with Crippen LogP contribution in [0.1, 0.15) is 45.1 Å². The number of para-hydroxylation sites is 2. The zero-order valence-electron chi connectivity index (χ0n) is 17.4. The van der Waals surface area contributed by atoms with Crippen molar-refractivity contribution in [3.05, 3.63) is 83.9 Å². The third-order valence-corrected chi connectivity index (χ3v) is 7.25. The quantitative estimate of drug-likeness (QED) is 0.488. The summed E-state index contributed by atoms with van der Waals surface area (Å²) in [6.07, 6.45) is 4.47. The highest BCUT2D eigenvalue weighted by atomic mass is 19.1. The van der Waals surface area contributed by atoms with Crippen molar-refractivity contribution in [3.8, 4) is 0 Å². The van der Waals surface area contributed by atoms with Crippen LogP contribution in [0.25, 0.3) is 0 Å². The zero-order chi connectivity index (χ0) is 20.9. The van der Waals surface area contributed by atoms with Crippen molar-refractivity contribution in [1.29, 1.82) is 0 Å². The van der Waals surface area contributed by atoms with E-state index in [0.29, 0.717) is 11.4 Å². The van der Waals surface area contributed by atoms with Gasteiger partial charge in [0, 0.05) is 22.2 Å². The van der Waals surface area contributed by atoms with E-state index in [4.69, 9.17) is 0 Å². The van der Waals surface area contributed by atoms with Gasteiger partial charge >= 0.3 is 0 Å². The maximum atomic E-state index is 15.0. The van der Waals surface area contributed by atoms with Crippen molar-refractivity contribution in [1.82, 2.24) is 0 Å². The average Bonchev–Trinajstić information content (AvgIpc) is 2.98. The van der Waals surface area contributed by atoms with E-state index in [-0.39, 0.29) is 22.6 Å². The number of hydrogen-bond donors (Lipinski definition) is 1. The Morgan fingerprint density at radius 2 is 1.30 bits per heavy atom. The molecule has 0 spiro atoms. The summed E-state index contributed by atoms with van der Waals surface area (Å²) in [6, 6.07) is 19.2. The summed E-state index contributed by atoms with van der Waals surface area (Å²) in [5, 5.41) is 3.77. The predicted octanol–water partition coefficient (Wildman–Crippen LogP) is 7.45. The summed E-state index contributed by atoms with van der Waals surface area (Å²) >= 11 is 0. The summed E-state index contributed by atoms with van der Waals surface area (Å²) < 4.78 is 30.0. The van der Waals surface area contributed by atoms with Gasteiger partial charge in [0.1, 0.15) is 11.6 Å². The second-order valence-electron chi connectivity index (χ2n) is 8.93. The number of nitrogens with one attached hydrogen (secondary N) is 1. The van der Waals surface area contributed by atoms with Gasteiger partial charge in [-0.15, -0.1) is 0 Å². The molecule has 2 atom stereocenters. The molecule has 0 bridgehead atoms. The third kappa shape index (κ3) is 2.66. The average molecular weight is 405 g/mol. The van der Waals surface area contributed by atoms with Crippen LogP contribution in [0, 0.1) is 11.6 Å². The lowest BCUT2D eigenvalue weighted by molar-refractivity contribution is 0.214. The minimum Gasteiger partial charge on any atom is -0.379 e. The first-order valence-corrected chi connectivity index (χ1v) is 10.7. The van der Waals surface area contributed by atoms with Crippen LogP contribution >= 0.6 is 0 Å². The van der Waals surface area contributed by atoms with Crippen LogP contribution < -0.4 is 10.2 Å². The molecule has 1 aliphatic carbocycles. The van der Waals surface area contributed by atoms with Crippen LogP contribution in [-0.2, 0) is 5.41 Å². The number of halogens is 2. The first-order chi connectivity index (χ1) is 14.4. The Hall–Kier alpha value is -2.88. The van der Waals surface area contributed by atoms with Gasteiger partial charge in [-0.25, -0.2) is 8.78 Å². The normalized spacial score (nSPS) is 24.7. The molecule has 2 aliphatic rings. The van der Waals surface area contributed by atoms with Gasteiger partial charge < -0.3 is 10.2 Å². The van der Waals surface area contributed by atoms with E-state index in [0.717, 1.165) is 36.2 Å². The summed E-state index contributed by atoms with van der Waals surface area (Å²) in [4.78, 5) is 1.75.